The van der Waals surface area contributed by atoms with E-state index >= 15 is 0 Å². The first-order chi connectivity index (χ1) is 14.3. The Hall–Kier alpha value is -1.63. The number of amides is 1. The summed E-state index contributed by atoms with van der Waals surface area (Å²) in [5.74, 6) is -0.956. The van der Waals surface area contributed by atoms with Crippen molar-refractivity contribution in [2.24, 2.45) is 0 Å². The fourth-order valence-corrected chi connectivity index (χ4v) is 4.78. The topological polar surface area (TPSA) is 37.4 Å². The first-order valence-corrected chi connectivity index (χ1v) is 12.1. The Morgan fingerprint density at radius 2 is 1.52 bits per heavy atom. The van der Waals surface area contributed by atoms with Crippen LogP contribution in [0.1, 0.15) is 95.2 Å². The van der Waals surface area contributed by atoms with Crippen molar-refractivity contribution in [1.29, 1.82) is 0 Å². The summed E-state index contributed by atoms with van der Waals surface area (Å²) in [6.07, 6.45) is -1.35. The van der Waals surface area contributed by atoms with E-state index in [4.69, 9.17) is 0 Å². The quantitative estimate of drug-likeness (QED) is 0.358. The first kappa shape index (κ1) is 27.4. The van der Waals surface area contributed by atoms with Crippen LogP contribution < -0.4 is 0 Å². The normalized spacial score (nSPS) is 13.6. The van der Waals surface area contributed by atoms with Gasteiger partial charge >= 0.3 is 12.1 Å². The van der Waals surface area contributed by atoms with Crippen molar-refractivity contribution in [2.45, 2.75) is 89.6 Å². The number of nitrogens with zero attached hydrogens (tertiary/aromatic N) is 1. The molecule has 0 spiro atoms. The Balaban J connectivity index is 2.85. The highest BCUT2D eigenvalue weighted by Crippen LogP contribution is 2.34. The summed E-state index contributed by atoms with van der Waals surface area (Å²) in [6, 6.07) is 4.32. The van der Waals surface area contributed by atoms with Gasteiger partial charge in [0.2, 0.25) is 0 Å². The molecule has 0 aliphatic heterocycles. The molecule has 0 aliphatic rings. The second-order valence-electron chi connectivity index (χ2n) is 8.88. The second-order valence-corrected chi connectivity index (χ2v) is 10.2. The maximum absolute atomic E-state index is 13.2. The number of hydrogen-bond acceptors (Lipinski definition) is 2. The van der Waals surface area contributed by atoms with Gasteiger partial charge in [-0.2, -0.15) is 13.2 Å². The molecule has 0 aromatic heterocycles. The molecule has 0 fully saturated rings. The van der Waals surface area contributed by atoms with Crippen molar-refractivity contribution >= 4 is 16.7 Å². The number of alkyl halides is 3. The number of rotatable bonds is 10. The third-order valence-corrected chi connectivity index (χ3v) is 6.52. The van der Waals surface area contributed by atoms with E-state index < -0.39 is 22.9 Å². The summed E-state index contributed by atoms with van der Waals surface area (Å²) >= 11 is 0. The Labute approximate surface area is 187 Å². The summed E-state index contributed by atoms with van der Waals surface area (Å²) in [4.78, 5) is 12.7. The van der Waals surface area contributed by atoms with E-state index in [9.17, 15) is 22.2 Å². The molecule has 0 N–H and O–H groups in total. The van der Waals surface area contributed by atoms with Crippen LogP contribution in [-0.2, 0) is 15.6 Å². The van der Waals surface area contributed by atoms with E-state index in [2.05, 4.69) is 53.7 Å². The molecule has 3 nitrogen and oxygen atoms in total. The summed E-state index contributed by atoms with van der Waals surface area (Å²) in [5, 5.41) is 1.69. The molecule has 0 radical (unpaired) electrons. The number of carbonyl (C=O) groups is 1. The van der Waals surface area contributed by atoms with E-state index in [0.29, 0.717) is 30.1 Å². The van der Waals surface area contributed by atoms with Crippen LogP contribution in [0.4, 0.5) is 13.2 Å². The van der Waals surface area contributed by atoms with Gasteiger partial charge in [0.25, 0.3) is 0 Å². The molecule has 31 heavy (non-hydrogen) atoms. The van der Waals surface area contributed by atoms with Crippen LogP contribution in [0.5, 0.6) is 0 Å². The van der Waals surface area contributed by atoms with Crippen molar-refractivity contribution in [3.63, 3.8) is 0 Å². The standard InChI is InChI=1S/C24H36F3NO2S/c1-16(2)19-14-20(17(3)4)22(21(15-19)18(5)6)31(30)13-11-9-8-10-12-28(7)23(29)24(25,26)27/h11,13-18H,8-10,12H2,1-7H3/b13-11-. The molecule has 176 valence electrons. The Kier molecular flexibility index (Phi) is 10.5. The highest BCUT2D eigenvalue weighted by Gasteiger charge is 2.40. The summed E-state index contributed by atoms with van der Waals surface area (Å²) < 4.78 is 50.3. The summed E-state index contributed by atoms with van der Waals surface area (Å²) in [5.41, 5.74) is 3.45. The van der Waals surface area contributed by atoms with Crippen molar-refractivity contribution < 1.29 is 22.2 Å². The molecule has 1 amide bonds. The van der Waals surface area contributed by atoms with Gasteiger partial charge in [-0.3, -0.25) is 4.79 Å². The van der Waals surface area contributed by atoms with E-state index in [1.54, 1.807) is 5.41 Å². The minimum Gasteiger partial charge on any atom is -0.338 e. The third kappa shape index (κ3) is 8.09. The molecule has 1 aromatic rings. The molecule has 0 heterocycles. The Morgan fingerprint density at radius 1 is 1.00 bits per heavy atom. The summed E-state index contributed by atoms with van der Waals surface area (Å²) in [6.45, 7) is 12.8. The third-order valence-electron chi connectivity index (χ3n) is 5.20. The fraction of sp³-hybridized carbons (Fsp3) is 0.625. The van der Waals surface area contributed by atoms with Crippen molar-refractivity contribution in [3.05, 3.63) is 40.3 Å². The van der Waals surface area contributed by atoms with Gasteiger partial charge < -0.3 is 4.90 Å². The Bertz CT molecular complexity index is 769. The monoisotopic (exact) mass is 459 g/mol. The average Bonchev–Trinajstić information content (AvgIpc) is 2.67. The van der Waals surface area contributed by atoms with E-state index in [0.717, 1.165) is 23.1 Å². The molecular formula is C24H36F3NO2S. The molecule has 1 rings (SSSR count). The second kappa shape index (κ2) is 11.8. The molecule has 0 saturated carbocycles. The number of carbonyl (C=O) groups excluding carboxylic acids is 1. The van der Waals surface area contributed by atoms with Crippen LogP contribution in [0.3, 0.4) is 0 Å². The lowest BCUT2D eigenvalue weighted by Crippen LogP contribution is -2.38. The zero-order chi connectivity index (χ0) is 23.9. The van der Waals surface area contributed by atoms with Gasteiger partial charge in [0.15, 0.2) is 0 Å². The highest BCUT2D eigenvalue weighted by atomic mass is 32.2. The molecule has 0 aliphatic carbocycles. The number of unbranched alkanes of at least 4 members (excludes halogenated alkanes) is 2. The van der Waals surface area contributed by atoms with Gasteiger partial charge in [-0.25, -0.2) is 4.21 Å². The summed E-state index contributed by atoms with van der Waals surface area (Å²) in [7, 11) is -0.141. The van der Waals surface area contributed by atoms with Crippen LogP contribution in [-0.4, -0.2) is 34.8 Å². The minimum absolute atomic E-state index is 0.0426. The zero-order valence-corrected chi connectivity index (χ0v) is 20.5. The van der Waals surface area contributed by atoms with Gasteiger partial charge in [-0.15, -0.1) is 0 Å². The largest absolute Gasteiger partial charge is 0.471 e. The number of halogens is 3. The van der Waals surface area contributed by atoms with Crippen molar-refractivity contribution in [2.75, 3.05) is 13.6 Å². The predicted octanol–water partition coefficient (Wildman–Crippen LogP) is 6.87. The number of allylic oxidation sites excluding steroid dienone is 1. The molecule has 0 bridgehead atoms. The maximum Gasteiger partial charge on any atom is 0.471 e. The molecular weight excluding hydrogens is 423 g/mol. The predicted molar refractivity (Wildman–Crippen MR) is 122 cm³/mol. The van der Waals surface area contributed by atoms with Crippen LogP contribution in [0.2, 0.25) is 0 Å². The lowest BCUT2D eigenvalue weighted by atomic mass is 9.89. The van der Waals surface area contributed by atoms with Crippen LogP contribution in [0, 0.1) is 0 Å². The minimum atomic E-state index is -4.83. The first-order valence-electron chi connectivity index (χ1n) is 10.8. The lowest BCUT2D eigenvalue weighted by molar-refractivity contribution is -0.184. The number of benzene rings is 1. The SMILES string of the molecule is CC(C)c1cc(C(C)C)c(S(=O)/C=C\CCCCN(C)C(=O)C(F)(F)F)c(C(C)C)c1. The maximum atomic E-state index is 13.2. The van der Waals surface area contributed by atoms with Gasteiger partial charge in [0.05, 0.1) is 15.7 Å². The van der Waals surface area contributed by atoms with Gasteiger partial charge in [0.1, 0.15) is 0 Å². The van der Waals surface area contributed by atoms with Crippen molar-refractivity contribution in [3.8, 4) is 0 Å². The molecule has 7 heteroatoms. The fourth-order valence-electron chi connectivity index (χ4n) is 3.27. The van der Waals surface area contributed by atoms with Crippen LogP contribution in [0.15, 0.2) is 28.5 Å². The highest BCUT2D eigenvalue weighted by molar-refractivity contribution is 7.88. The molecule has 1 unspecified atom stereocenters. The van der Waals surface area contributed by atoms with E-state index in [1.165, 1.54) is 5.56 Å². The van der Waals surface area contributed by atoms with E-state index in [1.807, 2.05) is 6.08 Å². The van der Waals surface area contributed by atoms with Crippen molar-refractivity contribution in [1.82, 2.24) is 4.90 Å². The number of hydrogen-bond donors (Lipinski definition) is 0. The molecule has 0 saturated heterocycles. The lowest BCUT2D eigenvalue weighted by Gasteiger charge is -2.21. The van der Waals surface area contributed by atoms with E-state index in [-0.39, 0.29) is 18.4 Å². The molecule has 1 aromatic carbocycles. The Morgan fingerprint density at radius 3 is 1.94 bits per heavy atom. The average molecular weight is 460 g/mol. The van der Waals surface area contributed by atoms with Crippen LogP contribution in [0.25, 0.3) is 0 Å². The van der Waals surface area contributed by atoms with Crippen LogP contribution >= 0.6 is 0 Å². The van der Waals surface area contributed by atoms with Gasteiger partial charge in [-0.1, -0.05) is 59.8 Å². The van der Waals surface area contributed by atoms with Gasteiger partial charge in [0, 0.05) is 19.0 Å². The molecule has 1 atom stereocenters. The zero-order valence-electron chi connectivity index (χ0n) is 19.7. The smallest absolute Gasteiger partial charge is 0.338 e. The van der Waals surface area contributed by atoms with Gasteiger partial charge in [-0.05, 0) is 53.7 Å².